The highest BCUT2D eigenvalue weighted by Gasteiger charge is 2.18. The molecular weight excluding hydrogens is 298 g/mol. The summed E-state index contributed by atoms with van der Waals surface area (Å²) in [5.41, 5.74) is 7.04. The summed E-state index contributed by atoms with van der Waals surface area (Å²) in [6.45, 7) is 0. The second-order valence-electron chi connectivity index (χ2n) is 4.69. The SMILES string of the molecule is COc1ccc(C(=O)c2cc(OC)c(OC)cc2N)cc1OC. The van der Waals surface area contributed by atoms with Crippen LogP contribution in [0.4, 0.5) is 5.69 Å². The third kappa shape index (κ3) is 3.15. The molecule has 2 aromatic rings. The molecule has 0 saturated heterocycles. The highest BCUT2D eigenvalue weighted by Crippen LogP contribution is 2.34. The monoisotopic (exact) mass is 317 g/mol. The molecule has 0 bridgehead atoms. The van der Waals surface area contributed by atoms with Crippen molar-refractivity contribution in [3.8, 4) is 23.0 Å². The molecule has 0 atom stereocenters. The summed E-state index contributed by atoms with van der Waals surface area (Å²) in [6.07, 6.45) is 0. The summed E-state index contributed by atoms with van der Waals surface area (Å²) in [7, 11) is 6.05. The molecular formula is C17H19NO5. The van der Waals surface area contributed by atoms with Crippen molar-refractivity contribution >= 4 is 11.5 Å². The Kier molecular flexibility index (Phi) is 4.95. The van der Waals surface area contributed by atoms with Gasteiger partial charge in [-0.1, -0.05) is 0 Å². The summed E-state index contributed by atoms with van der Waals surface area (Å²) in [5, 5.41) is 0. The molecule has 0 aliphatic heterocycles. The summed E-state index contributed by atoms with van der Waals surface area (Å²) < 4.78 is 20.8. The van der Waals surface area contributed by atoms with E-state index in [0.29, 0.717) is 39.8 Å². The second-order valence-corrected chi connectivity index (χ2v) is 4.69. The molecule has 0 amide bonds. The minimum atomic E-state index is -0.246. The van der Waals surface area contributed by atoms with Gasteiger partial charge in [-0.25, -0.2) is 0 Å². The predicted molar refractivity (Wildman–Crippen MR) is 86.9 cm³/mol. The largest absolute Gasteiger partial charge is 0.493 e. The van der Waals surface area contributed by atoms with E-state index in [-0.39, 0.29) is 5.78 Å². The Bertz CT molecular complexity index is 727. The summed E-state index contributed by atoms with van der Waals surface area (Å²) >= 11 is 0. The lowest BCUT2D eigenvalue weighted by molar-refractivity contribution is 0.103. The van der Waals surface area contributed by atoms with Gasteiger partial charge in [-0.05, 0) is 24.3 Å². The zero-order valence-electron chi connectivity index (χ0n) is 13.5. The molecule has 0 fully saturated rings. The molecule has 6 nitrogen and oxygen atoms in total. The van der Waals surface area contributed by atoms with E-state index in [9.17, 15) is 4.79 Å². The van der Waals surface area contributed by atoms with Crippen molar-refractivity contribution in [2.75, 3.05) is 34.2 Å². The topological polar surface area (TPSA) is 80.0 Å². The van der Waals surface area contributed by atoms with Crippen molar-refractivity contribution in [2.24, 2.45) is 0 Å². The van der Waals surface area contributed by atoms with E-state index < -0.39 is 0 Å². The number of ether oxygens (including phenoxy) is 4. The van der Waals surface area contributed by atoms with Crippen LogP contribution in [0.1, 0.15) is 15.9 Å². The lowest BCUT2D eigenvalue weighted by Crippen LogP contribution is -2.07. The Morgan fingerprint density at radius 3 is 1.87 bits per heavy atom. The number of nitrogen functional groups attached to an aromatic ring is 1. The van der Waals surface area contributed by atoms with Crippen LogP contribution in [0.5, 0.6) is 23.0 Å². The average molecular weight is 317 g/mol. The van der Waals surface area contributed by atoms with E-state index in [2.05, 4.69) is 0 Å². The number of benzene rings is 2. The van der Waals surface area contributed by atoms with Gasteiger partial charge in [-0.3, -0.25) is 4.79 Å². The summed E-state index contributed by atoms with van der Waals surface area (Å²) in [5.74, 6) is 1.67. The predicted octanol–water partition coefficient (Wildman–Crippen LogP) is 2.53. The number of methoxy groups -OCH3 is 4. The van der Waals surface area contributed by atoms with Crippen LogP contribution in [-0.4, -0.2) is 34.2 Å². The van der Waals surface area contributed by atoms with Gasteiger partial charge in [0, 0.05) is 22.9 Å². The molecule has 0 aliphatic rings. The average Bonchev–Trinajstić information content (AvgIpc) is 2.60. The van der Waals surface area contributed by atoms with Gasteiger partial charge in [-0.2, -0.15) is 0 Å². The minimum Gasteiger partial charge on any atom is -0.493 e. The van der Waals surface area contributed by atoms with E-state index >= 15 is 0 Å². The van der Waals surface area contributed by atoms with Crippen LogP contribution in [0.3, 0.4) is 0 Å². The van der Waals surface area contributed by atoms with E-state index in [4.69, 9.17) is 24.7 Å². The van der Waals surface area contributed by atoms with E-state index in [0.717, 1.165) is 0 Å². The highest BCUT2D eigenvalue weighted by atomic mass is 16.5. The molecule has 2 rings (SSSR count). The molecule has 0 spiro atoms. The third-order valence-electron chi connectivity index (χ3n) is 3.45. The maximum absolute atomic E-state index is 12.7. The molecule has 6 heteroatoms. The van der Waals surface area contributed by atoms with Crippen LogP contribution in [0.15, 0.2) is 30.3 Å². The standard InChI is InChI=1S/C17H19NO5/c1-20-13-6-5-10(7-14(13)21-2)17(19)11-8-15(22-3)16(23-4)9-12(11)18/h5-9H,18H2,1-4H3. The molecule has 0 aromatic heterocycles. The van der Waals surface area contributed by atoms with Crippen molar-refractivity contribution in [2.45, 2.75) is 0 Å². The first-order valence-electron chi connectivity index (χ1n) is 6.84. The number of ketones is 1. The minimum absolute atomic E-state index is 0.246. The van der Waals surface area contributed by atoms with Gasteiger partial charge in [0.2, 0.25) is 0 Å². The van der Waals surface area contributed by atoms with E-state index in [1.54, 1.807) is 30.3 Å². The summed E-state index contributed by atoms with van der Waals surface area (Å²) in [4.78, 5) is 12.7. The van der Waals surface area contributed by atoms with Crippen molar-refractivity contribution in [1.29, 1.82) is 0 Å². The van der Waals surface area contributed by atoms with Gasteiger partial charge in [0.05, 0.1) is 28.4 Å². The van der Waals surface area contributed by atoms with Crippen LogP contribution in [-0.2, 0) is 0 Å². The number of rotatable bonds is 6. The highest BCUT2D eigenvalue weighted by molar-refractivity contribution is 6.12. The fourth-order valence-electron chi connectivity index (χ4n) is 2.22. The maximum atomic E-state index is 12.7. The first-order chi connectivity index (χ1) is 11.0. The van der Waals surface area contributed by atoms with Crippen LogP contribution >= 0.6 is 0 Å². The lowest BCUT2D eigenvalue weighted by Gasteiger charge is -2.13. The number of hydrogen-bond donors (Lipinski definition) is 1. The molecule has 122 valence electrons. The van der Waals surface area contributed by atoms with Gasteiger partial charge in [-0.15, -0.1) is 0 Å². The number of carbonyl (C=O) groups excluding carboxylic acids is 1. The van der Waals surface area contributed by atoms with Gasteiger partial charge in [0.1, 0.15) is 0 Å². The van der Waals surface area contributed by atoms with Crippen LogP contribution < -0.4 is 24.7 Å². The zero-order chi connectivity index (χ0) is 17.0. The van der Waals surface area contributed by atoms with Crippen molar-refractivity contribution < 1.29 is 23.7 Å². The third-order valence-corrected chi connectivity index (χ3v) is 3.45. The molecule has 2 aromatic carbocycles. The maximum Gasteiger partial charge on any atom is 0.195 e. The fourth-order valence-corrected chi connectivity index (χ4v) is 2.22. The Hall–Kier alpha value is -2.89. The number of anilines is 1. The first-order valence-corrected chi connectivity index (χ1v) is 6.84. The molecule has 0 aliphatic carbocycles. The van der Waals surface area contributed by atoms with E-state index in [1.165, 1.54) is 28.4 Å². The summed E-state index contributed by atoms with van der Waals surface area (Å²) in [6, 6.07) is 8.06. The Labute approximate surface area is 134 Å². The van der Waals surface area contributed by atoms with Gasteiger partial charge < -0.3 is 24.7 Å². The smallest absolute Gasteiger partial charge is 0.195 e. The molecule has 0 heterocycles. The Balaban J connectivity index is 2.48. The van der Waals surface area contributed by atoms with Crippen molar-refractivity contribution in [3.63, 3.8) is 0 Å². The Morgan fingerprint density at radius 1 is 0.783 bits per heavy atom. The van der Waals surface area contributed by atoms with Crippen LogP contribution in [0, 0.1) is 0 Å². The molecule has 23 heavy (non-hydrogen) atoms. The number of carbonyl (C=O) groups is 1. The lowest BCUT2D eigenvalue weighted by atomic mass is 10.0. The quantitative estimate of drug-likeness (QED) is 0.651. The molecule has 0 radical (unpaired) electrons. The Morgan fingerprint density at radius 2 is 1.30 bits per heavy atom. The van der Waals surface area contributed by atoms with Crippen LogP contribution in [0.25, 0.3) is 0 Å². The van der Waals surface area contributed by atoms with Gasteiger partial charge in [0.15, 0.2) is 28.8 Å². The van der Waals surface area contributed by atoms with E-state index in [1.807, 2.05) is 0 Å². The zero-order valence-corrected chi connectivity index (χ0v) is 13.5. The second kappa shape index (κ2) is 6.91. The molecule has 0 saturated carbocycles. The molecule has 2 N–H and O–H groups in total. The van der Waals surface area contributed by atoms with Crippen molar-refractivity contribution in [3.05, 3.63) is 41.5 Å². The van der Waals surface area contributed by atoms with Crippen molar-refractivity contribution in [1.82, 2.24) is 0 Å². The molecule has 0 unspecified atom stereocenters. The fraction of sp³-hybridized carbons (Fsp3) is 0.235. The van der Waals surface area contributed by atoms with Crippen LogP contribution in [0.2, 0.25) is 0 Å². The normalized spacial score (nSPS) is 10.1. The first kappa shape index (κ1) is 16.5. The van der Waals surface area contributed by atoms with Gasteiger partial charge in [0.25, 0.3) is 0 Å². The number of nitrogens with two attached hydrogens (primary N) is 1. The van der Waals surface area contributed by atoms with Gasteiger partial charge >= 0.3 is 0 Å². The number of hydrogen-bond acceptors (Lipinski definition) is 6.